The first-order valence-electron chi connectivity index (χ1n) is 6.08. The minimum Gasteiger partial charge on any atom is -0.486 e. The van der Waals surface area contributed by atoms with Gasteiger partial charge in [-0.05, 0) is 43.5 Å². The van der Waals surface area contributed by atoms with Crippen LogP contribution < -0.4 is 4.74 Å². The molecule has 2 rings (SSSR count). The van der Waals surface area contributed by atoms with Crippen LogP contribution in [0.5, 0.6) is 5.75 Å². The second-order valence-corrected chi connectivity index (χ2v) is 5.56. The van der Waals surface area contributed by atoms with Crippen LogP contribution in [0.3, 0.4) is 0 Å². The third kappa shape index (κ3) is 3.32. The van der Waals surface area contributed by atoms with Crippen LogP contribution in [0.15, 0.2) is 22.7 Å². The zero-order chi connectivity index (χ0) is 12.3. The van der Waals surface area contributed by atoms with E-state index in [1.807, 2.05) is 25.1 Å². The molecule has 3 heteroatoms. The van der Waals surface area contributed by atoms with E-state index < -0.39 is 0 Å². The molecule has 1 aliphatic rings. The fourth-order valence-electron chi connectivity index (χ4n) is 2.29. The SMILES string of the molecule is Cc1cc(Br)ccc1OCC(=O)C1CCCC1. The largest absolute Gasteiger partial charge is 0.486 e. The Labute approximate surface area is 110 Å². The van der Waals surface area contributed by atoms with E-state index in [2.05, 4.69) is 15.9 Å². The van der Waals surface area contributed by atoms with E-state index in [0.29, 0.717) is 0 Å². The number of hydrogen-bond acceptors (Lipinski definition) is 2. The summed E-state index contributed by atoms with van der Waals surface area (Å²) in [5.41, 5.74) is 1.05. The fourth-order valence-corrected chi connectivity index (χ4v) is 2.76. The number of hydrogen-bond donors (Lipinski definition) is 0. The lowest BCUT2D eigenvalue weighted by atomic mass is 10.0. The van der Waals surface area contributed by atoms with Crippen LogP contribution in [0.2, 0.25) is 0 Å². The lowest BCUT2D eigenvalue weighted by Gasteiger charge is -2.11. The maximum absolute atomic E-state index is 11.9. The highest BCUT2D eigenvalue weighted by atomic mass is 79.9. The van der Waals surface area contributed by atoms with Crippen LogP contribution in [-0.2, 0) is 4.79 Å². The van der Waals surface area contributed by atoms with Crippen LogP contribution in [0.25, 0.3) is 0 Å². The number of carbonyl (C=O) groups is 1. The molecule has 0 heterocycles. The van der Waals surface area contributed by atoms with Crippen molar-refractivity contribution >= 4 is 21.7 Å². The van der Waals surface area contributed by atoms with Crippen LogP contribution in [-0.4, -0.2) is 12.4 Å². The summed E-state index contributed by atoms with van der Waals surface area (Å²) in [6.07, 6.45) is 4.46. The predicted molar refractivity (Wildman–Crippen MR) is 71.3 cm³/mol. The molecule has 0 N–H and O–H groups in total. The standard InChI is InChI=1S/C14H17BrO2/c1-10-8-12(15)6-7-14(10)17-9-13(16)11-4-2-3-5-11/h6-8,11H,2-5,9H2,1H3. The monoisotopic (exact) mass is 296 g/mol. The summed E-state index contributed by atoms with van der Waals surface area (Å²) >= 11 is 3.41. The van der Waals surface area contributed by atoms with Gasteiger partial charge in [0.15, 0.2) is 5.78 Å². The Morgan fingerprint density at radius 2 is 2.12 bits per heavy atom. The molecule has 0 atom stereocenters. The average molecular weight is 297 g/mol. The van der Waals surface area contributed by atoms with Gasteiger partial charge in [0.2, 0.25) is 0 Å². The molecule has 0 bridgehead atoms. The molecular formula is C14H17BrO2. The highest BCUT2D eigenvalue weighted by Crippen LogP contribution is 2.26. The third-order valence-electron chi connectivity index (χ3n) is 3.32. The number of Topliss-reactive ketones (excluding diaryl/α,β-unsaturated/α-hetero) is 1. The quantitative estimate of drug-likeness (QED) is 0.842. The van der Waals surface area contributed by atoms with Gasteiger partial charge in [0.25, 0.3) is 0 Å². The first-order chi connectivity index (χ1) is 8.16. The number of rotatable bonds is 4. The smallest absolute Gasteiger partial charge is 0.173 e. The zero-order valence-corrected chi connectivity index (χ0v) is 11.6. The van der Waals surface area contributed by atoms with Crippen molar-refractivity contribution in [3.05, 3.63) is 28.2 Å². The van der Waals surface area contributed by atoms with Gasteiger partial charge in [-0.25, -0.2) is 0 Å². The van der Waals surface area contributed by atoms with Crippen LogP contribution in [0, 0.1) is 12.8 Å². The van der Waals surface area contributed by atoms with Crippen molar-refractivity contribution in [2.75, 3.05) is 6.61 Å². The second kappa shape index (κ2) is 5.67. The van der Waals surface area contributed by atoms with E-state index in [1.165, 1.54) is 12.8 Å². The zero-order valence-electron chi connectivity index (χ0n) is 10.0. The number of ketones is 1. The third-order valence-corrected chi connectivity index (χ3v) is 3.81. The van der Waals surface area contributed by atoms with Crippen molar-refractivity contribution in [3.63, 3.8) is 0 Å². The number of carbonyl (C=O) groups excluding carboxylic acids is 1. The van der Waals surface area contributed by atoms with Gasteiger partial charge in [0.05, 0.1) is 0 Å². The summed E-state index contributed by atoms with van der Waals surface area (Å²) in [5.74, 6) is 1.30. The minimum atomic E-state index is 0.215. The van der Waals surface area contributed by atoms with Crippen LogP contribution in [0.1, 0.15) is 31.2 Å². The molecule has 1 aliphatic carbocycles. The van der Waals surface area contributed by atoms with E-state index in [4.69, 9.17) is 4.74 Å². The molecule has 1 saturated carbocycles. The van der Waals surface area contributed by atoms with Crippen molar-refractivity contribution in [2.45, 2.75) is 32.6 Å². The summed E-state index contributed by atoms with van der Waals surface area (Å²) < 4.78 is 6.63. The summed E-state index contributed by atoms with van der Waals surface area (Å²) in [6.45, 7) is 2.20. The predicted octanol–water partition coefficient (Wildman–Crippen LogP) is 3.90. The first kappa shape index (κ1) is 12.6. The molecular weight excluding hydrogens is 280 g/mol. The van der Waals surface area contributed by atoms with Gasteiger partial charge >= 0.3 is 0 Å². The average Bonchev–Trinajstić information content (AvgIpc) is 2.81. The van der Waals surface area contributed by atoms with Crippen molar-refractivity contribution in [1.82, 2.24) is 0 Å². The molecule has 0 radical (unpaired) electrons. The number of ether oxygens (including phenoxy) is 1. The van der Waals surface area contributed by atoms with Crippen LogP contribution >= 0.6 is 15.9 Å². The number of aryl methyl sites for hydroxylation is 1. The Morgan fingerprint density at radius 3 is 2.76 bits per heavy atom. The molecule has 0 spiro atoms. The van der Waals surface area contributed by atoms with Crippen LogP contribution in [0.4, 0.5) is 0 Å². The maximum Gasteiger partial charge on any atom is 0.173 e. The number of benzene rings is 1. The molecule has 0 amide bonds. The Balaban J connectivity index is 1.90. The van der Waals surface area contributed by atoms with Crippen molar-refractivity contribution < 1.29 is 9.53 Å². The molecule has 0 saturated heterocycles. The van der Waals surface area contributed by atoms with Crippen molar-refractivity contribution in [3.8, 4) is 5.75 Å². The highest BCUT2D eigenvalue weighted by Gasteiger charge is 2.22. The Bertz CT molecular complexity index is 409. The van der Waals surface area contributed by atoms with Gasteiger partial charge in [0, 0.05) is 10.4 Å². The molecule has 2 nitrogen and oxygen atoms in total. The first-order valence-corrected chi connectivity index (χ1v) is 6.88. The van der Waals surface area contributed by atoms with Crippen molar-refractivity contribution in [2.24, 2.45) is 5.92 Å². The fraction of sp³-hybridized carbons (Fsp3) is 0.500. The summed E-state index contributed by atoms with van der Waals surface area (Å²) in [6, 6.07) is 5.83. The Morgan fingerprint density at radius 1 is 1.41 bits per heavy atom. The van der Waals surface area contributed by atoms with Gasteiger partial charge in [-0.2, -0.15) is 0 Å². The summed E-state index contributed by atoms with van der Waals surface area (Å²) in [7, 11) is 0. The summed E-state index contributed by atoms with van der Waals surface area (Å²) in [4.78, 5) is 11.9. The van der Waals surface area contributed by atoms with Gasteiger partial charge in [0.1, 0.15) is 12.4 Å². The van der Waals surface area contributed by atoms with Crippen molar-refractivity contribution in [1.29, 1.82) is 0 Å². The van der Waals surface area contributed by atoms with Gasteiger partial charge in [-0.15, -0.1) is 0 Å². The van der Waals surface area contributed by atoms with Gasteiger partial charge in [-0.3, -0.25) is 4.79 Å². The maximum atomic E-state index is 11.9. The Kier molecular flexibility index (Phi) is 4.21. The second-order valence-electron chi connectivity index (χ2n) is 4.65. The Hall–Kier alpha value is -0.830. The lowest BCUT2D eigenvalue weighted by Crippen LogP contribution is -2.19. The number of halogens is 1. The summed E-state index contributed by atoms with van der Waals surface area (Å²) in [5, 5.41) is 0. The lowest BCUT2D eigenvalue weighted by molar-refractivity contribution is -0.124. The van der Waals surface area contributed by atoms with E-state index in [9.17, 15) is 4.79 Å². The molecule has 0 unspecified atom stereocenters. The van der Waals surface area contributed by atoms with E-state index >= 15 is 0 Å². The van der Waals surface area contributed by atoms with E-state index in [1.54, 1.807) is 0 Å². The minimum absolute atomic E-state index is 0.215. The topological polar surface area (TPSA) is 26.3 Å². The normalized spacial score (nSPS) is 16.1. The molecule has 0 aliphatic heterocycles. The molecule has 1 aromatic carbocycles. The molecule has 1 aromatic rings. The van der Waals surface area contributed by atoms with E-state index in [-0.39, 0.29) is 18.3 Å². The molecule has 92 valence electrons. The van der Waals surface area contributed by atoms with Gasteiger partial charge < -0.3 is 4.74 Å². The molecule has 1 fully saturated rings. The molecule has 17 heavy (non-hydrogen) atoms. The highest BCUT2D eigenvalue weighted by molar-refractivity contribution is 9.10. The van der Waals surface area contributed by atoms with E-state index in [0.717, 1.165) is 28.6 Å². The molecule has 0 aromatic heterocycles. The van der Waals surface area contributed by atoms with Gasteiger partial charge in [-0.1, -0.05) is 28.8 Å².